The first-order valence-electron chi connectivity index (χ1n) is 9.86. The highest BCUT2D eigenvalue weighted by atomic mass is 16.3. The summed E-state index contributed by atoms with van der Waals surface area (Å²) in [5.41, 5.74) is 4.12. The molecule has 5 rings (SSSR count). The van der Waals surface area contributed by atoms with E-state index in [4.69, 9.17) is 4.42 Å². The third kappa shape index (κ3) is 2.87. The molecule has 0 saturated carbocycles. The second kappa shape index (κ2) is 6.82. The fraction of sp³-hybridized carbons (Fsp3) is 0.304. The molecule has 1 fully saturated rings. The van der Waals surface area contributed by atoms with Crippen LogP contribution in [0.1, 0.15) is 34.3 Å². The molecule has 5 heteroatoms. The zero-order valence-electron chi connectivity index (χ0n) is 15.6. The molecule has 142 valence electrons. The molecule has 1 unspecified atom stereocenters. The van der Waals surface area contributed by atoms with Gasteiger partial charge in [0.1, 0.15) is 6.26 Å². The number of amides is 2. The third-order valence-electron chi connectivity index (χ3n) is 5.98. The maximum absolute atomic E-state index is 13.0. The molecule has 0 bridgehead atoms. The van der Waals surface area contributed by atoms with Gasteiger partial charge in [0.25, 0.3) is 5.91 Å². The van der Waals surface area contributed by atoms with Crippen LogP contribution in [0.15, 0.2) is 53.3 Å². The molecule has 1 N–H and O–H groups in total. The molecular weight excluding hydrogens is 352 g/mol. The number of aryl methyl sites for hydroxylation is 2. The number of anilines is 1. The Labute approximate surface area is 163 Å². The third-order valence-corrected chi connectivity index (χ3v) is 5.98. The zero-order chi connectivity index (χ0) is 19.1. The van der Waals surface area contributed by atoms with Crippen LogP contribution in [-0.2, 0) is 17.6 Å². The van der Waals surface area contributed by atoms with Crippen molar-refractivity contribution in [3.63, 3.8) is 0 Å². The highest BCUT2D eigenvalue weighted by molar-refractivity contribution is 6.05. The molecule has 1 saturated heterocycles. The van der Waals surface area contributed by atoms with Crippen molar-refractivity contribution < 1.29 is 14.0 Å². The first kappa shape index (κ1) is 17.0. The van der Waals surface area contributed by atoms with Crippen molar-refractivity contribution in [2.45, 2.75) is 25.7 Å². The Kier molecular flexibility index (Phi) is 4.15. The van der Waals surface area contributed by atoms with Crippen molar-refractivity contribution in [3.8, 4) is 0 Å². The summed E-state index contributed by atoms with van der Waals surface area (Å²) >= 11 is 0. The summed E-state index contributed by atoms with van der Waals surface area (Å²) < 4.78 is 5.02. The molecule has 5 nitrogen and oxygen atoms in total. The van der Waals surface area contributed by atoms with Crippen molar-refractivity contribution in [2.24, 2.45) is 5.92 Å². The van der Waals surface area contributed by atoms with Gasteiger partial charge in [-0.25, -0.2) is 0 Å². The molecule has 0 radical (unpaired) electrons. The van der Waals surface area contributed by atoms with Crippen LogP contribution in [-0.4, -0.2) is 29.8 Å². The Bertz CT molecular complexity index is 1040. The second-order valence-corrected chi connectivity index (χ2v) is 7.70. The molecule has 1 aliphatic heterocycles. The fourth-order valence-electron chi connectivity index (χ4n) is 4.53. The first-order chi connectivity index (χ1) is 13.7. The molecule has 2 aliphatic rings. The Balaban J connectivity index is 1.35. The van der Waals surface area contributed by atoms with Crippen LogP contribution in [0.3, 0.4) is 0 Å². The van der Waals surface area contributed by atoms with Crippen molar-refractivity contribution in [3.05, 3.63) is 65.6 Å². The van der Waals surface area contributed by atoms with E-state index in [0.717, 1.165) is 36.8 Å². The standard InChI is InChI=1S/C23H22N2O3/c26-22(17-4-2-11-25(13-17)23(27)18-10-12-28-14-18)24-20-9-8-16-7-6-15-3-1-5-19(20)21(15)16/h1,3,5,8-10,12,14,17H,2,4,6-7,11,13H2,(H,24,26). The Morgan fingerprint density at radius 3 is 2.75 bits per heavy atom. The lowest BCUT2D eigenvalue weighted by Gasteiger charge is -2.32. The van der Waals surface area contributed by atoms with Gasteiger partial charge in [0.15, 0.2) is 0 Å². The molecule has 3 aromatic rings. The van der Waals surface area contributed by atoms with Crippen molar-refractivity contribution >= 4 is 28.3 Å². The summed E-state index contributed by atoms with van der Waals surface area (Å²) in [4.78, 5) is 27.3. The van der Waals surface area contributed by atoms with Gasteiger partial charge in [-0.15, -0.1) is 0 Å². The number of hydrogen-bond donors (Lipinski definition) is 1. The zero-order valence-corrected chi connectivity index (χ0v) is 15.6. The van der Waals surface area contributed by atoms with Crippen LogP contribution in [0.25, 0.3) is 10.8 Å². The number of nitrogens with one attached hydrogen (secondary N) is 1. The maximum Gasteiger partial charge on any atom is 0.257 e. The molecule has 28 heavy (non-hydrogen) atoms. The molecule has 2 heterocycles. The van der Waals surface area contributed by atoms with Gasteiger partial charge in [0.05, 0.1) is 17.7 Å². The van der Waals surface area contributed by atoms with Crippen LogP contribution >= 0.6 is 0 Å². The summed E-state index contributed by atoms with van der Waals surface area (Å²) in [6.07, 6.45) is 6.71. The summed E-state index contributed by atoms with van der Waals surface area (Å²) in [5.74, 6) is -0.285. The summed E-state index contributed by atoms with van der Waals surface area (Å²) in [6.45, 7) is 1.12. The van der Waals surface area contributed by atoms with E-state index in [1.807, 2.05) is 6.07 Å². The topological polar surface area (TPSA) is 62.6 Å². The number of carbonyl (C=O) groups is 2. The van der Waals surface area contributed by atoms with E-state index in [1.54, 1.807) is 11.0 Å². The summed E-state index contributed by atoms with van der Waals surface area (Å²) in [7, 11) is 0. The monoisotopic (exact) mass is 374 g/mol. The SMILES string of the molecule is O=C(Nc1ccc2c3c(cccc13)CC2)C1CCCN(C(=O)c2ccoc2)C1. The molecule has 2 aromatic carbocycles. The summed E-state index contributed by atoms with van der Waals surface area (Å²) in [5, 5.41) is 5.54. The van der Waals surface area contributed by atoms with Crippen LogP contribution in [0, 0.1) is 5.92 Å². The average Bonchev–Trinajstić information content (AvgIpc) is 3.41. The number of carbonyl (C=O) groups excluding carboxylic acids is 2. The number of hydrogen-bond acceptors (Lipinski definition) is 3. The van der Waals surface area contributed by atoms with Gasteiger partial charge < -0.3 is 14.6 Å². The Morgan fingerprint density at radius 2 is 1.93 bits per heavy atom. The van der Waals surface area contributed by atoms with Crippen LogP contribution in [0.2, 0.25) is 0 Å². The average molecular weight is 374 g/mol. The van der Waals surface area contributed by atoms with E-state index in [9.17, 15) is 9.59 Å². The predicted octanol–water partition coefficient (Wildman–Crippen LogP) is 4.02. The first-order valence-corrected chi connectivity index (χ1v) is 9.86. The van der Waals surface area contributed by atoms with Crippen LogP contribution in [0.5, 0.6) is 0 Å². The molecular formula is C23H22N2O3. The lowest BCUT2D eigenvalue weighted by Crippen LogP contribution is -2.43. The number of rotatable bonds is 3. The largest absolute Gasteiger partial charge is 0.472 e. The number of furan rings is 1. The van der Waals surface area contributed by atoms with Gasteiger partial charge in [0.2, 0.25) is 5.91 Å². The lowest BCUT2D eigenvalue weighted by molar-refractivity contribution is -0.121. The highest BCUT2D eigenvalue weighted by Gasteiger charge is 2.29. The number of benzene rings is 2. The molecule has 1 aliphatic carbocycles. The van der Waals surface area contributed by atoms with Crippen molar-refractivity contribution in [2.75, 3.05) is 18.4 Å². The van der Waals surface area contributed by atoms with Gasteiger partial charge in [-0.2, -0.15) is 0 Å². The summed E-state index contributed by atoms with van der Waals surface area (Å²) in [6, 6.07) is 12.1. The van der Waals surface area contributed by atoms with Crippen LogP contribution < -0.4 is 5.32 Å². The molecule has 1 atom stereocenters. The Hall–Kier alpha value is -3.08. The molecule has 1 aromatic heterocycles. The smallest absolute Gasteiger partial charge is 0.257 e. The van der Waals surface area contributed by atoms with Gasteiger partial charge >= 0.3 is 0 Å². The van der Waals surface area contributed by atoms with Gasteiger partial charge in [-0.1, -0.05) is 24.3 Å². The minimum atomic E-state index is -0.201. The lowest BCUT2D eigenvalue weighted by atomic mass is 9.96. The minimum absolute atomic E-state index is 0.0107. The minimum Gasteiger partial charge on any atom is -0.472 e. The maximum atomic E-state index is 13.0. The van der Waals surface area contributed by atoms with Crippen molar-refractivity contribution in [1.29, 1.82) is 0 Å². The van der Waals surface area contributed by atoms with Crippen LogP contribution in [0.4, 0.5) is 5.69 Å². The number of piperidine rings is 1. The fourth-order valence-corrected chi connectivity index (χ4v) is 4.53. The van der Waals surface area contributed by atoms with E-state index >= 15 is 0 Å². The number of likely N-dealkylation sites (tertiary alicyclic amines) is 1. The quantitative estimate of drug-likeness (QED) is 0.753. The molecule has 2 amide bonds. The van der Waals surface area contributed by atoms with E-state index < -0.39 is 0 Å². The van der Waals surface area contributed by atoms with Crippen molar-refractivity contribution in [1.82, 2.24) is 4.90 Å². The normalized spacial score (nSPS) is 18.4. The second-order valence-electron chi connectivity index (χ2n) is 7.70. The van der Waals surface area contributed by atoms with E-state index in [2.05, 4.69) is 29.6 Å². The van der Waals surface area contributed by atoms with Gasteiger partial charge in [-0.3, -0.25) is 9.59 Å². The van der Waals surface area contributed by atoms with Gasteiger partial charge in [0, 0.05) is 24.2 Å². The van der Waals surface area contributed by atoms with E-state index in [1.165, 1.54) is 29.0 Å². The number of nitrogens with zero attached hydrogens (tertiary/aromatic N) is 1. The van der Waals surface area contributed by atoms with E-state index in [-0.39, 0.29) is 17.7 Å². The highest BCUT2D eigenvalue weighted by Crippen LogP contribution is 2.35. The predicted molar refractivity (Wildman–Crippen MR) is 107 cm³/mol. The van der Waals surface area contributed by atoms with E-state index in [0.29, 0.717) is 18.7 Å². The Morgan fingerprint density at radius 1 is 1.07 bits per heavy atom. The molecule has 0 spiro atoms. The van der Waals surface area contributed by atoms with Gasteiger partial charge in [-0.05, 0) is 54.3 Å².